The molecule has 0 unspecified atom stereocenters. The van der Waals surface area contributed by atoms with E-state index in [1.807, 2.05) is 30.3 Å². The molecule has 2 aromatic carbocycles. The largest absolute Gasteiger partial charge is 0.343 e. The van der Waals surface area contributed by atoms with Crippen molar-refractivity contribution in [2.45, 2.75) is 20.0 Å². The molecule has 0 aliphatic carbocycles. The van der Waals surface area contributed by atoms with Gasteiger partial charge < -0.3 is 4.90 Å². The molecule has 0 saturated carbocycles. The molecule has 0 heterocycles. The summed E-state index contributed by atoms with van der Waals surface area (Å²) in [5, 5.41) is 1.82. The van der Waals surface area contributed by atoms with Gasteiger partial charge in [-0.15, -0.1) is 6.58 Å². The molecule has 0 bridgehead atoms. The van der Waals surface area contributed by atoms with Crippen LogP contribution in [0.15, 0.2) is 72.2 Å². The first-order valence-corrected chi connectivity index (χ1v) is 9.41. The van der Waals surface area contributed by atoms with Gasteiger partial charge in [-0.3, -0.25) is 4.99 Å². The van der Waals surface area contributed by atoms with Gasteiger partial charge in [0.2, 0.25) is 0 Å². The van der Waals surface area contributed by atoms with E-state index in [1.54, 1.807) is 11.8 Å². The molecule has 126 valence electrons. The summed E-state index contributed by atoms with van der Waals surface area (Å²) in [6.45, 7) is 8.17. The summed E-state index contributed by atoms with van der Waals surface area (Å²) < 4.78 is 0. The van der Waals surface area contributed by atoms with Gasteiger partial charge in [-0.05, 0) is 24.1 Å². The van der Waals surface area contributed by atoms with Crippen LogP contribution in [0.4, 0.5) is 0 Å². The van der Waals surface area contributed by atoms with Gasteiger partial charge in [0, 0.05) is 30.4 Å². The Morgan fingerprint density at radius 2 is 1.83 bits per heavy atom. The zero-order valence-electron chi connectivity index (χ0n) is 14.0. The van der Waals surface area contributed by atoms with Crippen molar-refractivity contribution in [3.8, 4) is 0 Å². The van der Waals surface area contributed by atoms with E-state index in [0.29, 0.717) is 0 Å². The van der Waals surface area contributed by atoms with E-state index < -0.39 is 0 Å². The third kappa shape index (κ3) is 5.73. The average Bonchev–Trinajstić information content (AvgIpc) is 2.61. The van der Waals surface area contributed by atoms with Gasteiger partial charge in [-0.1, -0.05) is 78.0 Å². The van der Waals surface area contributed by atoms with Crippen molar-refractivity contribution in [1.82, 2.24) is 4.90 Å². The quantitative estimate of drug-likeness (QED) is 0.361. The SMILES string of the molecule is C=CCSC(=NCC)N(Cc1ccccc1)Cc1ccccc1Cl. The maximum Gasteiger partial charge on any atom is 0.160 e. The van der Waals surface area contributed by atoms with Gasteiger partial charge in [-0.25, -0.2) is 0 Å². The number of benzene rings is 2. The Labute approximate surface area is 154 Å². The Balaban J connectivity index is 2.27. The van der Waals surface area contributed by atoms with E-state index in [0.717, 1.165) is 41.1 Å². The van der Waals surface area contributed by atoms with Crippen LogP contribution in [0.25, 0.3) is 0 Å². The van der Waals surface area contributed by atoms with Crippen LogP contribution in [-0.2, 0) is 13.1 Å². The molecular formula is C20H23ClN2S. The first-order chi connectivity index (χ1) is 11.7. The van der Waals surface area contributed by atoms with Crippen LogP contribution in [0.2, 0.25) is 5.02 Å². The summed E-state index contributed by atoms with van der Waals surface area (Å²) in [4.78, 5) is 6.98. The molecular weight excluding hydrogens is 336 g/mol. The zero-order valence-corrected chi connectivity index (χ0v) is 15.6. The monoisotopic (exact) mass is 358 g/mol. The van der Waals surface area contributed by atoms with Crippen LogP contribution in [0.1, 0.15) is 18.1 Å². The molecule has 0 radical (unpaired) electrons. The molecule has 4 heteroatoms. The van der Waals surface area contributed by atoms with Crippen molar-refractivity contribution in [3.63, 3.8) is 0 Å². The van der Waals surface area contributed by atoms with E-state index in [2.05, 4.69) is 48.7 Å². The second-order valence-corrected chi connectivity index (χ2v) is 6.68. The number of halogens is 1. The highest BCUT2D eigenvalue weighted by Crippen LogP contribution is 2.21. The number of aliphatic imine (C=N–C) groups is 1. The Morgan fingerprint density at radius 1 is 1.12 bits per heavy atom. The zero-order chi connectivity index (χ0) is 17.2. The maximum atomic E-state index is 6.37. The lowest BCUT2D eigenvalue weighted by Crippen LogP contribution is -2.28. The Bertz CT molecular complexity index is 670. The first-order valence-electron chi connectivity index (χ1n) is 8.05. The average molecular weight is 359 g/mol. The van der Waals surface area contributed by atoms with Gasteiger partial charge in [-0.2, -0.15) is 0 Å². The van der Waals surface area contributed by atoms with Gasteiger partial charge in [0.1, 0.15) is 0 Å². The number of hydrogen-bond acceptors (Lipinski definition) is 2. The molecule has 0 aromatic heterocycles. The number of thioether (sulfide) groups is 1. The predicted octanol–water partition coefficient (Wildman–Crippen LogP) is 5.64. The van der Waals surface area contributed by atoms with Gasteiger partial charge >= 0.3 is 0 Å². The lowest BCUT2D eigenvalue weighted by atomic mass is 10.2. The number of nitrogens with zero attached hydrogens (tertiary/aromatic N) is 2. The molecule has 0 amide bonds. The molecule has 24 heavy (non-hydrogen) atoms. The highest BCUT2D eigenvalue weighted by molar-refractivity contribution is 8.13. The van der Waals surface area contributed by atoms with Crippen LogP contribution in [0.3, 0.4) is 0 Å². The van der Waals surface area contributed by atoms with Crippen molar-refractivity contribution in [2.75, 3.05) is 12.3 Å². The summed E-state index contributed by atoms with van der Waals surface area (Å²) in [7, 11) is 0. The van der Waals surface area contributed by atoms with Crippen LogP contribution in [-0.4, -0.2) is 22.4 Å². The molecule has 0 aliphatic rings. The number of hydrogen-bond donors (Lipinski definition) is 0. The summed E-state index contributed by atoms with van der Waals surface area (Å²) >= 11 is 8.08. The van der Waals surface area contributed by atoms with Gasteiger partial charge in [0.15, 0.2) is 5.17 Å². The lowest BCUT2D eigenvalue weighted by Gasteiger charge is -2.26. The summed E-state index contributed by atoms with van der Waals surface area (Å²) in [5.41, 5.74) is 2.37. The van der Waals surface area contributed by atoms with E-state index >= 15 is 0 Å². The fraction of sp³-hybridized carbons (Fsp3) is 0.250. The standard InChI is InChI=1S/C20H23ClN2S/c1-3-14-24-20(22-4-2)23(15-17-10-6-5-7-11-17)16-18-12-8-9-13-19(18)21/h3,5-13H,1,4,14-16H2,2H3. The van der Waals surface area contributed by atoms with Crippen LogP contribution < -0.4 is 0 Å². The predicted molar refractivity (Wildman–Crippen MR) is 108 cm³/mol. The third-order valence-corrected chi connectivity index (χ3v) is 4.85. The van der Waals surface area contributed by atoms with Crippen molar-refractivity contribution in [2.24, 2.45) is 4.99 Å². The minimum atomic E-state index is 0.734. The smallest absolute Gasteiger partial charge is 0.160 e. The molecule has 0 fully saturated rings. The number of rotatable bonds is 7. The molecule has 0 spiro atoms. The molecule has 0 N–H and O–H groups in total. The highest BCUT2D eigenvalue weighted by Gasteiger charge is 2.14. The minimum absolute atomic E-state index is 0.734. The Morgan fingerprint density at radius 3 is 2.50 bits per heavy atom. The first kappa shape index (κ1) is 18.6. The minimum Gasteiger partial charge on any atom is -0.343 e. The van der Waals surface area contributed by atoms with Crippen molar-refractivity contribution in [3.05, 3.63) is 83.4 Å². The van der Waals surface area contributed by atoms with E-state index in [-0.39, 0.29) is 0 Å². The van der Waals surface area contributed by atoms with Crippen molar-refractivity contribution < 1.29 is 0 Å². The molecule has 2 nitrogen and oxygen atoms in total. The van der Waals surface area contributed by atoms with Crippen molar-refractivity contribution >= 4 is 28.5 Å². The highest BCUT2D eigenvalue weighted by atomic mass is 35.5. The topological polar surface area (TPSA) is 15.6 Å². The normalized spacial score (nSPS) is 11.3. The van der Waals surface area contributed by atoms with E-state index in [1.165, 1.54) is 5.56 Å². The molecule has 2 rings (SSSR count). The summed E-state index contributed by atoms with van der Waals surface area (Å²) in [6.07, 6.45) is 1.91. The summed E-state index contributed by atoms with van der Waals surface area (Å²) in [5.74, 6) is 0.840. The van der Waals surface area contributed by atoms with E-state index in [9.17, 15) is 0 Å². The fourth-order valence-electron chi connectivity index (χ4n) is 2.33. The van der Waals surface area contributed by atoms with Gasteiger partial charge in [0.05, 0.1) is 0 Å². The van der Waals surface area contributed by atoms with Crippen LogP contribution in [0.5, 0.6) is 0 Å². The van der Waals surface area contributed by atoms with Gasteiger partial charge in [0.25, 0.3) is 0 Å². The lowest BCUT2D eigenvalue weighted by molar-refractivity contribution is 0.413. The Hall–Kier alpha value is -1.71. The molecule has 0 saturated heterocycles. The van der Waals surface area contributed by atoms with E-state index in [4.69, 9.17) is 16.6 Å². The van der Waals surface area contributed by atoms with Crippen LogP contribution in [0, 0.1) is 0 Å². The van der Waals surface area contributed by atoms with Crippen LogP contribution >= 0.6 is 23.4 Å². The number of amidine groups is 1. The fourth-order valence-corrected chi connectivity index (χ4v) is 3.33. The molecule has 0 aliphatic heterocycles. The summed E-state index contributed by atoms with van der Waals surface area (Å²) in [6, 6.07) is 18.4. The van der Waals surface area contributed by atoms with Crippen molar-refractivity contribution in [1.29, 1.82) is 0 Å². The Kier molecular flexibility index (Phi) is 7.93. The molecule has 2 aromatic rings. The second-order valence-electron chi connectivity index (χ2n) is 5.29. The molecule has 0 atom stereocenters. The maximum absolute atomic E-state index is 6.37. The third-order valence-electron chi connectivity index (χ3n) is 3.43. The second kappa shape index (κ2) is 10.2.